The highest BCUT2D eigenvalue weighted by Gasteiger charge is 2.21. The highest BCUT2D eigenvalue weighted by Crippen LogP contribution is 2.22. The first-order chi connectivity index (χ1) is 9.61. The van der Waals surface area contributed by atoms with Gasteiger partial charge in [-0.1, -0.05) is 40.0 Å². The fourth-order valence-corrected chi connectivity index (χ4v) is 2.90. The quantitative estimate of drug-likeness (QED) is 0.641. The van der Waals surface area contributed by atoms with Crippen molar-refractivity contribution in [3.05, 3.63) is 17.7 Å². The average molecular weight is 278 g/mol. The highest BCUT2D eigenvalue weighted by atomic mass is 15.0. The number of nitrogens with one attached hydrogen (secondary N) is 3. The van der Waals surface area contributed by atoms with Crippen LogP contribution in [0.1, 0.15) is 57.8 Å². The van der Waals surface area contributed by atoms with Crippen molar-refractivity contribution < 1.29 is 0 Å². The van der Waals surface area contributed by atoms with Crippen molar-refractivity contribution in [3.8, 4) is 0 Å². The molecule has 0 aromatic carbocycles. The Balaban J connectivity index is 1.66. The number of nitrogens with zero attached hydrogens (tertiary/aromatic N) is 1. The van der Waals surface area contributed by atoms with Gasteiger partial charge in [0.2, 0.25) is 0 Å². The van der Waals surface area contributed by atoms with Gasteiger partial charge in [-0.25, -0.2) is 4.98 Å². The van der Waals surface area contributed by atoms with Crippen LogP contribution in [0.2, 0.25) is 0 Å². The fourth-order valence-electron chi connectivity index (χ4n) is 2.90. The molecular formula is C16H30N4. The standard InChI is InChI=1S/C16H30N4/c1-4-5-6-7-16(2,3)11-17-9-13-8-14-15(10-18-13)20-12-19-14/h12-13,17-18H,4-11H2,1-3H3,(H,19,20). The molecule has 1 aromatic heterocycles. The van der Waals surface area contributed by atoms with Gasteiger partial charge in [-0.15, -0.1) is 0 Å². The summed E-state index contributed by atoms with van der Waals surface area (Å²) < 4.78 is 0. The molecule has 0 saturated carbocycles. The lowest BCUT2D eigenvalue weighted by Crippen LogP contribution is -2.45. The van der Waals surface area contributed by atoms with Crippen LogP contribution in [0.4, 0.5) is 0 Å². The van der Waals surface area contributed by atoms with Gasteiger partial charge in [0.25, 0.3) is 0 Å². The van der Waals surface area contributed by atoms with Gasteiger partial charge in [0.05, 0.1) is 17.7 Å². The number of H-pyrrole nitrogens is 1. The molecular weight excluding hydrogens is 248 g/mol. The summed E-state index contributed by atoms with van der Waals surface area (Å²) in [5.74, 6) is 0. The van der Waals surface area contributed by atoms with Gasteiger partial charge in [-0.2, -0.15) is 0 Å². The lowest BCUT2D eigenvalue weighted by Gasteiger charge is -2.28. The first-order valence-electron chi connectivity index (χ1n) is 8.06. The van der Waals surface area contributed by atoms with E-state index in [9.17, 15) is 0 Å². The summed E-state index contributed by atoms with van der Waals surface area (Å²) in [5.41, 5.74) is 2.89. The second-order valence-electron chi connectivity index (χ2n) is 6.86. The van der Waals surface area contributed by atoms with E-state index in [1.54, 1.807) is 6.33 Å². The minimum atomic E-state index is 0.404. The van der Waals surface area contributed by atoms with Gasteiger partial charge < -0.3 is 15.6 Å². The molecule has 0 saturated heterocycles. The van der Waals surface area contributed by atoms with Gasteiger partial charge in [-0.3, -0.25) is 0 Å². The summed E-state index contributed by atoms with van der Waals surface area (Å²) in [6.45, 7) is 10.1. The third-order valence-corrected chi connectivity index (χ3v) is 4.27. The van der Waals surface area contributed by atoms with Crippen molar-refractivity contribution >= 4 is 0 Å². The van der Waals surface area contributed by atoms with Gasteiger partial charge in [0, 0.05) is 32.1 Å². The molecule has 2 heterocycles. The Morgan fingerprint density at radius 3 is 3.05 bits per heavy atom. The fraction of sp³-hybridized carbons (Fsp3) is 0.812. The maximum atomic E-state index is 4.39. The summed E-state index contributed by atoms with van der Waals surface area (Å²) in [4.78, 5) is 7.58. The number of imidazole rings is 1. The van der Waals surface area contributed by atoms with Crippen LogP contribution in [0.15, 0.2) is 6.33 Å². The molecule has 1 aliphatic heterocycles. The smallest absolute Gasteiger partial charge is 0.0925 e. The van der Waals surface area contributed by atoms with Crippen LogP contribution in [0.3, 0.4) is 0 Å². The van der Waals surface area contributed by atoms with E-state index in [1.165, 1.54) is 37.1 Å². The van der Waals surface area contributed by atoms with Gasteiger partial charge >= 0.3 is 0 Å². The van der Waals surface area contributed by atoms with Crippen LogP contribution in [-0.2, 0) is 13.0 Å². The minimum Gasteiger partial charge on any atom is -0.347 e. The number of hydrogen-bond donors (Lipinski definition) is 3. The van der Waals surface area contributed by atoms with Crippen molar-refractivity contribution in [3.63, 3.8) is 0 Å². The maximum Gasteiger partial charge on any atom is 0.0925 e. The summed E-state index contributed by atoms with van der Waals surface area (Å²) in [6.07, 6.45) is 8.16. The van der Waals surface area contributed by atoms with E-state index in [0.29, 0.717) is 11.5 Å². The third-order valence-electron chi connectivity index (χ3n) is 4.27. The molecule has 1 aliphatic rings. The molecule has 0 spiro atoms. The molecule has 1 atom stereocenters. The SMILES string of the molecule is CCCCCC(C)(C)CNCC1Cc2nc[nH]c2CN1. The summed E-state index contributed by atoms with van der Waals surface area (Å²) in [7, 11) is 0. The van der Waals surface area contributed by atoms with Crippen LogP contribution in [0, 0.1) is 5.41 Å². The molecule has 0 aliphatic carbocycles. The molecule has 0 amide bonds. The molecule has 3 N–H and O–H groups in total. The Labute approximate surface area is 123 Å². The second kappa shape index (κ2) is 7.23. The van der Waals surface area contributed by atoms with E-state index in [2.05, 4.69) is 41.4 Å². The number of fused-ring (bicyclic) bond motifs is 1. The average Bonchev–Trinajstić information content (AvgIpc) is 2.86. The Morgan fingerprint density at radius 2 is 2.25 bits per heavy atom. The van der Waals surface area contributed by atoms with Gasteiger partial charge in [0.1, 0.15) is 0 Å². The van der Waals surface area contributed by atoms with Crippen LogP contribution in [-0.4, -0.2) is 29.1 Å². The summed E-state index contributed by atoms with van der Waals surface area (Å²) in [6, 6.07) is 0.511. The zero-order chi connectivity index (χ0) is 14.4. The van der Waals surface area contributed by atoms with E-state index in [-0.39, 0.29) is 0 Å². The lowest BCUT2D eigenvalue weighted by molar-refractivity contribution is 0.293. The summed E-state index contributed by atoms with van der Waals surface area (Å²) in [5, 5.41) is 7.21. The molecule has 4 nitrogen and oxygen atoms in total. The van der Waals surface area contributed by atoms with E-state index < -0.39 is 0 Å². The van der Waals surface area contributed by atoms with E-state index in [4.69, 9.17) is 0 Å². The predicted octanol–water partition coefficient (Wildman–Crippen LogP) is 2.62. The van der Waals surface area contributed by atoms with Crippen LogP contribution in [0.25, 0.3) is 0 Å². The molecule has 1 aromatic rings. The number of aromatic nitrogens is 2. The zero-order valence-electron chi connectivity index (χ0n) is 13.3. The van der Waals surface area contributed by atoms with Crippen molar-refractivity contribution in [2.45, 2.75) is 65.5 Å². The van der Waals surface area contributed by atoms with Crippen LogP contribution >= 0.6 is 0 Å². The molecule has 114 valence electrons. The van der Waals surface area contributed by atoms with Crippen molar-refractivity contribution in [1.29, 1.82) is 0 Å². The number of hydrogen-bond acceptors (Lipinski definition) is 3. The summed E-state index contributed by atoms with van der Waals surface area (Å²) >= 11 is 0. The number of unbranched alkanes of at least 4 members (excludes halogenated alkanes) is 2. The van der Waals surface area contributed by atoms with Crippen molar-refractivity contribution in [2.24, 2.45) is 5.41 Å². The van der Waals surface area contributed by atoms with Crippen LogP contribution < -0.4 is 10.6 Å². The molecule has 2 rings (SSSR count). The largest absolute Gasteiger partial charge is 0.347 e. The van der Waals surface area contributed by atoms with Gasteiger partial charge in [0.15, 0.2) is 0 Å². The Kier molecular flexibility index (Phi) is 5.61. The molecule has 1 unspecified atom stereocenters. The number of rotatable bonds is 8. The Hall–Kier alpha value is -0.870. The number of aromatic amines is 1. The van der Waals surface area contributed by atoms with Crippen LogP contribution in [0.5, 0.6) is 0 Å². The van der Waals surface area contributed by atoms with E-state index in [1.807, 2.05) is 0 Å². The second-order valence-corrected chi connectivity index (χ2v) is 6.86. The Bertz CT molecular complexity index is 397. The third kappa shape index (κ3) is 4.60. The monoisotopic (exact) mass is 278 g/mol. The predicted molar refractivity (Wildman–Crippen MR) is 83.7 cm³/mol. The van der Waals surface area contributed by atoms with Crippen molar-refractivity contribution in [2.75, 3.05) is 13.1 Å². The Morgan fingerprint density at radius 1 is 1.40 bits per heavy atom. The van der Waals surface area contributed by atoms with Crippen molar-refractivity contribution in [1.82, 2.24) is 20.6 Å². The lowest BCUT2D eigenvalue weighted by atomic mass is 9.87. The van der Waals surface area contributed by atoms with E-state index >= 15 is 0 Å². The maximum absolute atomic E-state index is 4.39. The molecule has 20 heavy (non-hydrogen) atoms. The zero-order valence-corrected chi connectivity index (χ0v) is 13.3. The first kappa shape index (κ1) is 15.5. The first-order valence-corrected chi connectivity index (χ1v) is 8.06. The van der Waals surface area contributed by atoms with Gasteiger partial charge in [-0.05, 0) is 11.8 Å². The van der Waals surface area contributed by atoms with E-state index in [0.717, 1.165) is 26.1 Å². The highest BCUT2D eigenvalue weighted by molar-refractivity contribution is 5.15. The minimum absolute atomic E-state index is 0.404. The molecule has 0 bridgehead atoms. The molecule has 0 fully saturated rings. The normalized spacial score (nSPS) is 19.1. The topological polar surface area (TPSA) is 52.7 Å². The molecule has 4 heteroatoms. The molecule has 0 radical (unpaired) electrons.